The quantitative estimate of drug-likeness (QED) is 0.605. The van der Waals surface area contributed by atoms with Crippen LogP contribution < -0.4 is 19.5 Å². The average molecular weight is 401 g/mol. The summed E-state index contributed by atoms with van der Waals surface area (Å²) >= 11 is 0. The van der Waals surface area contributed by atoms with Crippen molar-refractivity contribution in [2.24, 2.45) is 0 Å². The smallest absolute Gasteiger partial charge is 0.339 e. The van der Waals surface area contributed by atoms with Crippen molar-refractivity contribution in [3.8, 4) is 17.2 Å². The fourth-order valence-corrected chi connectivity index (χ4v) is 2.50. The minimum Gasteiger partial charge on any atom is -0.495 e. The number of amides is 1. The van der Waals surface area contributed by atoms with Crippen LogP contribution in [0.25, 0.3) is 0 Å². The van der Waals surface area contributed by atoms with Gasteiger partial charge in [-0.05, 0) is 50.6 Å². The second kappa shape index (κ2) is 10.9. The van der Waals surface area contributed by atoms with Gasteiger partial charge in [0.05, 0.1) is 31.6 Å². The van der Waals surface area contributed by atoms with Crippen LogP contribution in [0.15, 0.2) is 42.5 Å². The molecule has 0 saturated carbocycles. The van der Waals surface area contributed by atoms with E-state index in [1.54, 1.807) is 42.5 Å². The third-order valence-corrected chi connectivity index (χ3v) is 3.96. The molecular weight excluding hydrogens is 374 g/mol. The lowest BCUT2D eigenvalue weighted by Gasteiger charge is -2.16. The molecule has 29 heavy (non-hydrogen) atoms. The van der Waals surface area contributed by atoms with Crippen LogP contribution in [-0.4, -0.2) is 38.3 Å². The first kappa shape index (κ1) is 22.1. The van der Waals surface area contributed by atoms with Gasteiger partial charge in [0.2, 0.25) is 0 Å². The molecule has 156 valence electrons. The van der Waals surface area contributed by atoms with Gasteiger partial charge < -0.3 is 24.3 Å². The molecule has 0 spiro atoms. The second-order valence-corrected chi connectivity index (χ2v) is 6.18. The maximum atomic E-state index is 12.5. The molecule has 0 aliphatic carbocycles. The standard InChI is InChI=1S/C22H27NO6/c1-5-13-28-19-12-11-16(14-20(19)27-6-2)22(25)29-15(3)21(24)23-17-9-7-8-10-18(17)26-4/h7-12,14-15H,5-6,13H2,1-4H3,(H,23,24)/t15-/m0/s1. The number of rotatable bonds is 10. The molecule has 0 aliphatic heterocycles. The minimum atomic E-state index is -1.00. The molecule has 0 radical (unpaired) electrons. The van der Waals surface area contributed by atoms with Gasteiger partial charge in [0.1, 0.15) is 5.75 Å². The summed E-state index contributed by atoms with van der Waals surface area (Å²) in [7, 11) is 1.51. The van der Waals surface area contributed by atoms with Gasteiger partial charge in [0.15, 0.2) is 17.6 Å². The third-order valence-electron chi connectivity index (χ3n) is 3.96. The molecule has 1 amide bonds. The van der Waals surface area contributed by atoms with Crippen LogP contribution in [0, 0.1) is 0 Å². The van der Waals surface area contributed by atoms with Crippen molar-refractivity contribution in [2.45, 2.75) is 33.3 Å². The highest BCUT2D eigenvalue weighted by atomic mass is 16.5. The van der Waals surface area contributed by atoms with Gasteiger partial charge in [-0.15, -0.1) is 0 Å². The SMILES string of the molecule is CCCOc1ccc(C(=O)O[C@@H](C)C(=O)Nc2ccccc2OC)cc1OCC. The van der Waals surface area contributed by atoms with E-state index < -0.39 is 18.0 Å². The number of para-hydroxylation sites is 2. The first-order valence-corrected chi connectivity index (χ1v) is 9.54. The summed E-state index contributed by atoms with van der Waals surface area (Å²) in [5, 5.41) is 2.70. The van der Waals surface area contributed by atoms with E-state index in [1.807, 2.05) is 13.8 Å². The Morgan fingerprint density at radius 2 is 1.76 bits per heavy atom. The van der Waals surface area contributed by atoms with E-state index in [2.05, 4.69) is 5.32 Å². The first-order chi connectivity index (χ1) is 14.0. The normalized spacial score (nSPS) is 11.3. The molecule has 7 nitrogen and oxygen atoms in total. The molecule has 0 bridgehead atoms. The fraction of sp³-hybridized carbons (Fsp3) is 0.364. The van der Waals surface area contributed by atoms with Gasteiger partial charge in [0, 0.05) is 0 Å². The van der Waals surface area contributed by atoms with Crippen molar-refractivity contribution in [2.75, 3.05) is 25.6 Å². The maximum Gasteiger partial charge on any atom is 0.339 e. The van der Waals surface area contributed by atoms with Gasteiger partial charge >= 0.3 is 5.97 Å². The fourth-order valence-electron chi connectivity index (χ4n) is 2.50. The summed E-state index contributed by atoms with van der Waals surface area (Å²) in [4.78, 5) is 24.9. The Kier molecular flexibility index (Phi) is 8.33. The summed E-state index contributed by atoms with van der Waals surface area (Å²) < 4.78 is 21.7. The molecule has 2 rings (SSSR count). The van der Waals surface area contributed by atoms with Crippen molar-refractivity contribution in [1.29, 1.82) is 0 Å². The van der Waals surface area contributed by atoms with Gasteiger partial charge in [-0.25, -0.2) is 4.79 Å². The summed E-state index contributed by atoms with van der Waals surface area (Å²) in [6, 6.07) is 11.8. The highest BCUT2D eigenvalue weighted by Gasteiger charge is 2.21. The Labute approximate surface area is 170 Å². The second-order valence-electron chi connectivity index (χ2n) is 6.18. The lowest BCUT2D eigenvalue weighted by molar-refractivity contribution is -0.123. The Bertz CT molecular complexity index is 836. The van der Waals surface area contributed by atoms with Crippen LogP contribution in [0.4, 0.5) is 5.69 Å². The lowest BCUT2D eigenvalue weighted by Crippen LogP contribution is -2.30. The molecule has 0 aliphatic rings. The Morgan fingerprint density at radius 1 is 1.00 bits per heavy atom. The average Bonchev–Trinajstić information content (AvgIpc) is 2.73. The van der Waals surface area contributed by atoms with Crippen molar-refractivity contribution < 1.29 is 28.5 Å². The van der Waals surface area contributed by atoms with Crippen LogP contribution in [0.2, 0.25) is 0 Å². The number of methoxy groups -OCH3 is 1. The number of benzene rings is 2. The Hall–Kier alpha value is -3.22. The van der Waals surface area contributed by atoms with Crippen LogP contribution in [0.5, 0.6) is 17.2 Å². The van der Waals surface area contributed by atoms with Crippen molar-refractivity contribution >= 4 is 17.6 Å². The minimum absolute atomic E-state index is 0.272. The summed E-state index contributed by atoms with van der Waals surface area (Å²) in [5.74, 6) is 0.448. The van der Waals surface area contributed by atoms with E-state index in [0.29, 0.717) is 36.1 Å². The van der Waals surface area contributed by atoms with Crippen molar-refractivity contribution in [1.82, 2.24) is 0 Å². The van der Waals surface area contributed by atoms with E-state index in [9.17, 15) is 9.59 Å². The number of ether oxygens (including phenoxy) is 4. The molecule has 0 aromatic heterocycles. The van der Waals surface area contributed by atoms with E-state index in [4.69, 9.17) is 18.9 Å². The van der Waals surface area contributed by atoms with E-state index in [1.165, 1.54) is 14.0 Å². The zero-order chi connectivity index (χ0) is 21.2. The molecule has 7 heteroatoms. The van der Waals surface area contributed by atoms with E-state index in [0.717, 1.165) is 6.42 Å². The van der Waals surface area contributed by atoms with Crippen LogP contribution in [0.1, 0.15) is 37.6 Å². The summed E-state index contributed by atoms with van der Waals surface area (Å²) in [5.41, 5.74) is 0.771. The predicted octanol–water partition coefficient (Wildman–Crippen LogP) is 4.07. The van der Waals surface area contributed by atoms with Crippen LogP contribution >= 0.6 is 0 Å². The highest BCUT2D eigenvalue weighted by Crippen LogP contribution is 2.29. The number of anilines is 1. The van der Waals surface area contributed by atoms with Gasteiger partial charge in [-0.1, -0.05) is 19.1 Å². The van der Waals surface area contributed by atoms with Crippen molar-refractivity contribution in [3.05, 3.63) is 48.0 Å². The molecule has 0 fully saturated rings. The molecule has 2 aromatic carbocycles. The largest absolute Gasteiger partial charge is 0.495 e. The lowest BCUT2D eigenvalue weighted by atomic mass is 10.2. The highest BCUT2D eigenvalue weighted by molar-refractivity contribution is 5.98. The van der Waals surface area contributed by atoms with E-state index >= 15 is 0 Å². The number of hydrogen-bond donors (Lipinski definition) is 1. The number of hydrogen-bond acceptors (Lipinski definition) is 6. The predicted molar refractivity (Wildman–Crippen MR) is 110 cm³/mol. The first-order valence-electron chi connectivity index (χ1n) is 9.54. The number of esters is 1. The topological polar surface area (TPSA) is 83.1 Å². The van der Waals surface area contributed by atoms with Gasteiger partial charge in [-0.2, -0.15) is 0 Å². The molecule has 0 saturated heterocycles. The molecule has 1 atom stereocenters. The maximum absolute atomic E-state index is 12.5. The molecule has 0 heterocycles. The van der Waals surface area contributed by atoms with Crippen molar-refractivity contribution in [3.63, 3.8) is 0 Å². The number of nitrogens with one attached hydrogen (secondary N) is 1. The summed E-state index contributed by atoms with van der Waals surface area (Å²) in [6.07, 6.45) is -0.146. The third kappa shape index (κ3) is 6.14. The Balaban J connectivity index is 2.06. The zero-order valence-corrected chi connectivity index (χ0v) is 17.2. The van der Waals surface area contributed by atoms with Gasteiger partial charge in [-0.3, -0.25) is 4.79 Å². The van der Waals surface area contributed by atoms with E-state index in [-0.39, 0.29) is 5.56 Å². The molecular formula is C22H27NO6. The van der Waals surface area contributed by atoms with Crippen LogP contribution in [0.3, 0.4) is 0 Å². The molecule has 2 aromatic rings. The van der Waals surface area contributed by atoms with Crippen LogP contribution in [-0.2, 0) is 9.53 Å². The monoisotopic (exact) mass is 401 g/mol. The number of carbonyl (C=O) groups excluding carboxylic acids is 2. The zero-order valence-electron chi connectivity index (χ0n) is 17.2. The summed E-state index contributed by atoms with van der Waals surface area (Å²) in [6.45, 7) is 6.33. The molecule has 1 N–H and O–H groups in total. The van der Waals surface area contributed by atoms with Gasteiger partial charge in [0.25, 0.3) is 5.91 Å². The number of carbonyl (C=O) groups is 2. The Morgan fingerprint density at radius 3 is 2.45 bits per heavy atom. The molecule has 0 unspecified atom stereocenters.